The van der Waals surface area contributed by atoms with E-state index in [0.717, 1.165) is 32.1 Å². The molecule has 4 aliphatic rings. The molecule has 0 saturated heterocycles. The van der Waals surface area contributed by atoms with Crippen LogP contribution in [0, 0.1) is 40.4 Å². The zero-order chi connectivity index (χ0) is 20.1. The molecule has 0 aliphatic heterocycles. The molecule has 0 radical (unpaired) electrons. The number of amidine groups is 1. The van der Waals surface area contributed by atoms with Gasteiger partial charge in [0.05, 0.1) is 17.3 Å². The first kappa shape index (κ1) is 18.9. The molecule has 5 rings (SSSR count). The van der Waals surface area contributed by atoms with Gasteiger partial charge in [0.25, 0.3) is 0 Å². The second kappa shape index (κ2) is 6.54. The van der Waals surface area contributed by atoms with Crippen LogP contribution in [0.5, 0.6) is 0 Å². The summed E-state index contributed by atoms with van der Waals surface area (Å²) in [5.41, 5.74) is 5.41. The Bertz CT molecular complexity index is 841. The smallest absolute Gasteiger partial charge is 0.223 e. The molecule has 4 fully saturated rings. The molecule has 28 heavy (non-hydrogen) atoms. The number of pyridine rings is 1. The van der Waals surface area contributed by atoms with Crippen LogP contribution in [0.3, 0.4) is 0 Å². The highest BCUT2D eigenvalue weighted by Crippen LogP contribution is 2.60. The van der Waals surface area contributed by atoms with Gasteiger partial charge in [0.15, 0.2) is 0 Å². The Morgan fingerprint density at radius 1 is 1.36 bits per heavy atom. The minimum absolute atomic E-state index is 0.160. The van der Waals surface area contributed by atoms with Crippen LogP contribution in [0.1, 0.15) is 51.6 Å². The van der Waals surface area contributed by atoms with Crippen molar-refractivity contribution < 1.29 is 9.18 Å². The maximum Gasteiger partial charge on any atom is 0.223 e. The molecule has 2 unspecified atom stereocenters. The summed E-state index contributed by atoms with van der Waals surface area (Å²) in [4.78, 5) is 20.4. The lowest BCUT2D eigenvalue weighted by atomic mass is 9.47. The van der Waals surface area contributed by atoms with Gasteiger partial charge in [0.1, 0.15) is 11.7 Å². The lowest BCUT2D eigenvalue weighted by Crippen LogP contribution is -2.63. The van der Waals surface area contributed by atoms with E-state index in [1.54, 1.807) is 6.07 Å². The lowest BCUT2D eigenvalue weighted by Gasteiger charge is -2.59. The van der Waals surface area contributed by atoms with Crippen molar-refractivity contribution in [1.82, 2.24) is 10.3 Å². The van der Waals surface area contributed by atoms with Crippen LogP contribution in [-0.4, -0.2) is 22.8 Å². The minimum atomic E-state index is -0.667. The fraction of sp³-hybridized carbons (Fsp3) is 0.619. The monoisotopic (exact) mass is 383 g/mol. The number of amides is 1. The van der Waals surface area contributed by atoms with Crippen molar-refractivity contribution in [2.45, 2.75) is 57.4 Å². The third kappa shape index (κ3) is 2.95. The van der Waals surface area contributed by atoms with E-state index in [4.69, 9.17) is 5.73 Å². The number of aromatic nitrogens is 1. The van der Waals surface area contributed by atoms with Crippen molar-refractivity contribution >= 4 is 11.7 Å². The van der Waals surface area contributed by atoms with Gasteiger partial charge in [0.2, 0.25) is 12.1 Å². The molecule has 0 aromatic carbocycles. The summed E-state index contributed by atoms with van der Waals surface area (Å²) in [5, 5.41) is 12.8. The summed E-state index contributed by atoms with van der Waals surface area (Å²) < 4.78 is 13.3. The fourth-order valence-electron chi connectivity index (χ4n) is 5.99. The van der Waals surface area contributed by atoms with E-state index in [2.05, 4.69) is 15.3 Å². The topological polar surface area (TPSA) is 104 Å². The Morgan fingerprint density at radius 2 is 2.04 bits per heavy atom. The molecule has 6 nitrogen and oxygen atoms in total. The first-order valence-corrected chi connectivity index (χ1v) is 9.91. The number of rotatable bonds is 4. The number of primary amides is 1. The standard InChI is InChI=1S/C21H26FN5O/c1-20(2,16-4-3-15(22)10-25-16)19(26-11-23)27-17-13-5-12-6-14(17)9-21(7-12,8-13)18(24)28/h3-4,10,12-14,17H,5-9H2,1-2H3,(H2,24,28)(H,26,27). The Labute approximate surface area is 164 Å². The van der Waals surface area contributed by atoms with Crippen LogP contribution < -0.4 is 11.1 Å². The van der Waals surface area contributed by atoms with Gasteiger partial charge in [-0.15, -0.1) is 0 Å². The van der Waals surface area contributed by atoms with E-state index in [9.17, 15) is 14.4 Å². The maximum atomic E-state index is 13.3. The van der Waals surface area contributed by atoms with Gasteiger partial charge in [0, 0.05) is 11.5 Å². The zero-order valence-electron chi connectivity index (χ0n) is 16.3. The van der Waals surface area contributed by atoms with Crippen LogP contribution in [0.4, 0.5) is 4.39 Å². The van der Waals surface area contributed by atoms with Crippen molar-refractivity contribution in [2.75, 3.05) is 0 Å². The van der Waals surface area contributed by atoms with Crippen LogP contribution in [0.25, 0.3) is 0 Å². The predicted molar refractivity (Wildman–Crippen MR) is 102 cm³/mol. The summed E-state index contributed by atoms with van der Waals surface area (Å²) in [5.74, 6) is 1.24. The number of nitrogens with zero attached hydrogens (tertiary/aromatic N) is 3. The second-order valence-corrected chi connectivity index (χ2v) is 9.33. The van der Waals surface area contributed by atoms with Crippen LogP contribution in [0.2, 0.25) is 0 Å². The van der Waals surface area contributed by atoms with Crippen molar-refractivity contribution in [3.8, 4) is 6.19 Å². The summed E-state index contributed by atoms with van der Waals surface area (Å²) in [6.45, 7) is 3.86. The number of nitrogens with one attached hydrogen (secondary N) is 1. The molecule has 7 heteroatoms. The maximum absolute atomic E-state index is 13.3. The number of nitriles is 1. The summed E-state index contributed by atoms with van der Waals surface area (Å²) >= 11 is 0. The highest BCUT2D eigenvalue weighted by molar-refractivity contribution is 5.93. The van der Waals surface area contributed by atoms with E-state index in [-0.39, 0.29) is 17.4 Å². The fourth-order valence-corrected chi connectivity index (χ4v) is 5.99. The minimum Gasteiger partial charge on any atom is -0.369 e. The zero-order valence-corrected chi connectivity index (χ0v) is 16.3. The molecule has 0 spiro atoms. The van der Waals surface area contributed by atoms with Gasteiger partial charge in [-0.25, -0.2) is 4.39 Å². The van der Waals surface area contributed by atoms with E-state index in [1.165, 1.54) is 12.3 Å². The summed E-state index contributed by atoms with van der Waals surface area (Å²) in [6.07, 6.45) is 7.79. The Balaban J connectivity index is 1.60. The van der Waals surface area contributed by atoms with E-state index >= 15 is 0 Å². The lowest BCUT2D eigenvalue weighted by molar-refractivity contribution is -0.145. The molecule has 3 N–H and O–H groups in total. The van der Waals surface area contributed by atoms with E-state index in [1.807, 2.05) is 20.0 Å². The van der Waals surface area contributed by atoms with Crippen molar-refractivity contribution in [2.24, 2.45) is 33.9 Å². The number of aliphatic imine (C=N–C) groups is 1. The average Bonchev–Trinajstić information content (AvgIpc) is 2.63. The van der Waals surface area contributed by atoms with Gasteiger partial charge >= 0.3 is 0 Å². The van der Waals surface area contributed by atoms with Gasteiger partial charge in [-0.1, -0.05) is 0 Å². The van der Waals surface area contributed by atoms with Gasteiger partial charge in [-0.3, -0.25) is 9.78 Å². The van der Waals surface area contributed by atoms with E-state index < -0.39 is 11.2 Å². The molecule has 4 aliphatic carbocycles. The number of hydrogen-bond acceptors (Lipinski definition) is 4. The highest BCUT2D eigenvalue weighted by atomic mass is 19.1. The summed E-state index contributed by atoms with van der Waals surface area (Å²) in [7, 11) is 0. The molecule has 1 heterocycles. The third-order valence-electron chi connectivity index (χ3n) is 7.22. The van der Waals surface area contributed by atoms with Crippen molar-refractivity contribution in [3.05, 3.63) is 29.8 Å². The molecular weight excluding hydrogens is 357 g/mol. The molecular formula is C21H26FN5O. The number of hydrogen-bond donors (Lipinski definition) is 2. The third-order valence-corrected chi connectivity index (χ3v) is 7.22. The first-order chi connectivity index (χ1) is 13.2. The average molecular weight is 383 g/mol. The molecule has 1 aromatic rings. The van der Waals surface area contributed by atoms with Crippen LogP contribution in [0.15, 0.2) is 23.3 Å². The Hall–Kier alpha value is -2.49. The van der Waals surface area contributed by atoms with Gasteiger partial charge < -0.3 is 11.1 Å². The highest BCUT2D eigenvalue weighted by Gasteiger charge is 2.58. The van der Waals surface area contributed by atoms with E-state index in [0.29, 0.717) is 29.3 Å². The Morgan fingerprint density at radius 3 is 2.57 bits per heavy atom. The Kier molecular flexibility index (Phi) is 4.40. The second-order valence-electron chi connectivity index (χ2n) is 9.33. The molecule has 4 bridgehead atoms. The normalized spacial score (nSPS) is 34.1. The quantitative estimate of drug-likeness (QED) is 0.474. The largest absolute Gasteiger partial charge is 0.369 e. The first-order valence-electron chi connectivity index (χ1n) is 9.91. The number of halogens is 1. The van der Waals surface area contributed by atoms with Crippen molar-refractivity contribution in [1.29, 1.82) is 5.26 Å². The molecule has 4 saturated carbocycles. The number of carbonyl (C=O) groups is 1. The number of nitrogens with two attached hydrogens (primary N) is 1. The van der Waals surface area contributed by atoms with Crippen LogP contribution in [-0.2, 0) is 10.2 Å². The SMILES string of the molecule is CC(C)(/C(=N\C#N)NC1C2CC3CC1CC(C(N)=O)(C3)C2)c1ccc(F)cn1. The summed E-state index contributed by atoms with van der Waals surface area (Å²) in [6, 6.07) is 3.16. The van der Waals surface area contributed by atoms with Crippen molar-refractivity contribution in [3.63, 3.8) is 0 Å². The number of carbonyl (C=O) groups excluding carboxylic acids is 1. The van der Waals surface area contributed by atoms with Gasteiger partial charge in [-0.05, 0) is 75.8 Å². The molecule has 2 atom stereocenters. The molecule has 1 aromatic heterocycles. The molecule has 1 amide bonds. The van der Waals surface area contributed by atoms with Gasteiger partial charge in [-0.2, -0.15) is 10.3 Å². The molecule has 148 valence electrons. The predicted octanol–water partition coefficient (Wildman–Crippen LogP) is 2.65. The van der Waals surface area contributed by atoms with Crippen LogP contribution >= 0.6 is 0 Å².